The average Bonchev–Trinajstić information content (AvgIpc) is 2.28. The van der Waals surface area contributed by atoms with Crippen LogP contribution in [0.1, 0.15) is 19.4 Å². The number of likely N-dealkylation sites (N-methyl/N-ethyl adjacent to an activating group) is 1. The Morgan fingerprint density at radius 3 is 2.72 bits per heavy atom. The fraction of sp³-hybridized carbons (Fsp3) is 0.571. The molecule has 102 valence electrons. The molecule has 0 aliphatic heterocycles. The number of hydrogen-bond acceptors (Lipinski definition) is 3. The normalized spacial score (nSPS) is 12.5. The summed E-state index contributed by atoms with van der Waals surface area (Å²) in [6.45, 7) is 5.83. The molecule has 1 unspecified atom stereocenters. The van der Waals surface area contributed by atoms with Crippen molar-refractivity contribution < 1.29 is 9.13 Å². The second-order valence-corrected chi connectivity index (χ2v) is 4.59. The first-order valence-corrected chi connectivity index (χ1v) is 6.37. The van der Waals surface area contributed by atoms with E-state index in [0.29, 0.717) is 31.9 Å². The molecule has 0 aromatic heterocycles. The zero-order chi connectivity index (χ0) is 13.5. The van der Waals surface area contributed by atoms with E-state index < -0.39 is 0 Å². The van der Waals surface area contributed by atoms with Crippen molar-refractivity contribution in [2.45, 2.75) is 26.3 Å². The Morgan fingerprint density at radius 2 is 2.17 bits per heavy atom. The van der Waals surface area contributed by atoms with Crippen LogP contribution in [0.15, 0.2) is 18.2 Å². The molecule has 0 amide bonds. The van der Waals surface area contributed by atoms with Gasteiger partial charge in [0.25, 0.3) is 0 Å². The predicted molar refractivity (Wildman–Crippen MR) is 73.5 cm³/mol. The van der Waals surface area contributed by atoms with E-state index in [1.807, 2.05) is 31.9 Å². The summed E-state index contributed by atoms with van der Waals surface area (Å²) in [5.74, 6) is -0.202. The van der Waals surface area contributed by atoms with E-state index in [0.717, 1.165) is 5.56 Å². The Bertz CT molecular complexity index is 369. The van der Waals surface area contributed by atoms with Gasteiger partial charge < -0.3 is 15.4 Å². The van der Waals surface area contributed by atoms with Crippen LogP contribution in [0, 0.1) is 5.82 Å². The van der Waals surface area contributed by atoms with Crippen molar-refractivity contribution in [2.24, 2.45) is 5.73 Å². The number of rotatable bonds is 7. The van der Waals surface area contributed by atoms with E-state index in [2.05, 4.69) is 0 Å². The lowest BCUT2D eigenvalue weighted by Gasteiger charge is -2.20. The van der Waals surface area contributed by atoms with E-state index in [4.69, 9.17) is 10.5 Å². The van der Waals surface area contributed by atoms with Crippen molar-refractivity contribution in [3.63, 3.8) is 0 Å². The third-order valence-electron chi connectivity index (χ3n) is 2.76. The monoisotopic (exact) mass is 254 g/mol. The summed E-state index contributed by atoms with van der Waals surface area (Å²) >= 11 is 0. The maximum absolute atomic E-state index is 13.9. The first kappa shape index (κ1) is 14.9. The van der Waals surface area contributed by atoms with Gasteiger partial charge in [-0.2, -0.15) is 0 Å². The molecule has 3 nitrogen and oxygen atoms in total. The van der Waals surface area contributed by atoms with Crippen molar-refractivity contribution in [3.8, 4) is 0 Å². The van der Waals surface area contributed by atoms with Gasteiger partial charge in [0, 0.05) is 26.2 Å². The van der Waals surface area contributed by atoms with Gasteiger partial charge in [0.2, 0.25) is 0 Å². The van der Waals surface area contributed by atoms with Gasteiger partial charge in [-0.25, -0.2) is 4.39 Å². The fourth-order valence-corrected chi connectivity index (χ4v) is 1.82. The highest BCUT2D eigenvalue weighted by molar-refractivity contribution is 5.48. The number of hydrogen-bond donors (Lipinski definition) is 1. The highest BCUT2D eigenvalue weighted by Crippen LogP contribution is 2.19. The summed E-state index contributed by atoms with van der Waals surface area (Å²) in [6, 6.07) is 5.35. The summed E-state index contributed by atoms with van der Waals surface area (Å²) in [6.07, 6.45) is 0.694. The Balaban J connectivity index is 2.66. The maximum atomic E-state index is 13.9. The molecule has 0 aliphatic carbocycles. The maximum Gasteiger partial charge on any atom is 0.146 e. The molecule has 4 heteroatoms. The topological polar surface area (TPSA) is 38.5 Å². The lowest BCUT2D eigenvalue weighted by atomic mass is 10.1. The first-order chi connectivity index (χ1) is 8.54. The average molecular weight is 254 g/mol. The first-order valence-electron chi connectivity index (χ1n) is 6.37. The standard InChI is InChI=1S/C14H23FN2O/c1-4-18-8-7-17(3)14-6-5-12(9-11(2)16)10-13(14)15/h5-6,10-11H,4,7-9,16H2,1-3H3. The van der Waals surface area contributed by atoms with Crippen molar-refractivity contribution in [3.05, 3.63) is 29.6 Å². The summed E-state index contributed by atoms with van der Waals surface area (Å²) in [5.41, 5.74) is 7.24. The van der Waals surface area contributed by atoms with E-state index in [-0.39, 0.29) is 11.9 Å². The number of ether oxygens (including phenoxy) is 1. The minimum Gasteiger partial charge on any atom is -0.380 e. The molecule has 18 heavy (non-hydrogen) atoms. The molecule has 1 aromatic rings. The van der Waals surface area contributed by atoms with Crippen LogP contribution in [0.4, 0.5) is 10.1 Å². The van der Waals surface area contributed by atoms with E-state index in [1.54, 1.807) is 12.1 Å². The van der Waals surface area contributed by atoms with Crippen LogP contribution in [0.3, 0.4) is 0 Å². The molecular weight excluding hydrogens is 231 g/mol. The summed E-state index contributed by atoms with van der Waals surface area (Å²) in [4.78, 5) is 1.86. The third-order valence-corrected chi connectivity index (χ3v) is 2.76. The van der Waals surface area contributed by atoms with Gasteiger partial charge in [0.1, 0.15) is 5.82 Å². The smallest absolute Gasteiger partial charge is 0.146 e. The fourth-order valence-electron chi connectivity index (χ4n) is 1.82. The van der Waals surface area contributed by atoms with Crippen LogP contribution < -0.4 is 10.6 Å². The van der Waals surface area contributed by atoms with Crippen molar-refractivity contribution in [1.82, 2.24) is 0 Å². The van der Waals surface area contributed by atoms with Gasteiger partial charge in [0.15, 0.2) is 0 Å². The molecule has 1 aromatic carbocycles. The quantitative estimate of drug-likeness (QED) is 0.758. The van der Waals surface area contributed by atoms with Crippen LogP contribution in [0.2, 0.25) is 0 Å². The Morgan fingerprint density at radius 1 is 1.44 bits per heavy atom. The second-order valence-electron chi connectivity index (χ2n) is 4.59. The van der Waals surface area contributed by atoms with E-state index in [1.165, 1.54) is 0 Å². The molecular formula is C14H23FN2O. The van der Waals surface area contributed by atoms with Gasteiger partial charge in [-0.05, 0) is 38.0 Å². The van der Waals surface area contributed by atoms with E-state index >= 15 is 0 Å². The number of nitrogens with two attached hydrogens (primary N) is 1. The lowest BCUT2D eigenvalue weighted by Crippen LogP contribution is -2.24. The molecule has 0 bridgehead atoms. The predicted octanol–water partition coefficient (Wildman–Crippen LogP) is 2.19. The number of nitrogens with zero attached hydrogens (tertiary/aromatic N) is 1. The number of halogens is 1. The van der Waals surface area contributed by atoms with Crippen LogP contribution in [-0.4, -0.2) is 32.8 Å². The van der Waals surface area contributed by atoms with Crippen molar-refractivity contribution >= 4 is 5.69 Å². The molecule has 0 heterocycles. The van der Waals surface area contributed by atoms with Gasteiger partial charge >= 0.3 is 0 Å². The van der Waals surface area contributed by atoms with Gasteiger partial charge in [-0.1, -0.05) is 6.07 Å². The molecule has 0 aliphatic rings. The van der Waals surface area contributed by atoms with Crippen LogP contribution in [-0.2, 0) is 11.2 Å². The van der Waals surface area contributed by atoms with Crippen molar-refractivity contribution in [1.29, 1.82) is 0 Å². The Kier molecular flexibility index (Phi) is 6.09. The second kappa shape index (κ2) is 7.34. The third kappa shape index (κ3) is 4.63. The SMILES string of the molecule is CCOCCN(C)c1ccc(CC(C)N)cc1F. The summed E-state index contributed by atoms with van der Waals surface area (Å²) in [7, 11) is 1.86. The molecule has 0 radical (unpaired) electrons. The molecule has 0 saturated carbocycles. The molecule has 2 N–H and O–H groups in total. The largest absolute Gasteiger partial charge is 0.380 e. The molecule has 1 atom stereocenters. The Labute approximate surface area is 109 Å². The van der Waals surface area contributed by atoms with Crippen molar-refractivity contribution in [2.75, 3.05) is 31.7 Å². The molecule has 0 spiro atoms. The van der Waals surface area contributed by atoms with Crippen LogP contribution in [0.25, 0.3) is 0 Å². The zero-order valence-electron chi connectivity index (χ0n) is 11.4. The summed E-state index contributed by atoms with van der Waals surface area (Å²) in [5, 5.41) is 0. The number of benzene rings is 1. The summed E-state index contributed by atoms with van der Waals surface area (Å²) < 4.78 is 19.2. The highest BCUT2D eigenvalue weighted by Gasteiger charge is 2.09. The highest BCUT2D eigenvalue weighted by atomic mass is 19.1. The van der Waals surface area contributed by atoms with Crippen LogP contribution in [0.5, 0.6) is 0 Å². The van der Waals surface area contributed by atoms with Gasteiger partial charge in [-0.3, -0.25) is 0 Å². The van der Waals surface area contributed by atoms with Gasteiger partial charge in [-0.15, -0.1) is 0 Å². The number of anilines is 1. The minimum absolute atomic E-state index is 0.0472. The Hall–Kier alpha value is -1.13. The molecule has 1 rings (SSSR count). The minimum atomic E-state index is -0.202. The van der Waals surface area contributed by atoms with Crippen LogP contribution >= 0.6 is 0 Å². The lowest BCUT2D eigenvalue weighted by molar-refractivity contribution is 0.154. The molecule has 0 saturated heterocycles. The van der Waals surface area contributed by atoms with E-state index in [9.17, 15) is 4.39 Å². The zero-order valence-corrected chi connectivity index (χ0v) is 11.4. The van der Waals surface area contributed by atoms with Gasteiger partial charge in [0.05, 0.1) is 12.3 Å². The molecule has 0 fully saturated rings.